The van der Waals surface area contributed by atoms with Gasteiger partial charge in [-0.3, -0.25) is 9.59 Å². The van der Waals surface area contributed by atoms with Gasteiger partial charge in [0.1, 0.15) is 18.8 Å². The number of rotatable bonds is 19. The molecule has 3 rings (SSSR count). The fourth-order valence-electron chi connectivity index (χ4n) is 4.78. The third kappa shape index (κ3) is 12.6. The zero-order valence-electron chi connectivity index (χ0n) is 26.5. The van der Waals surface area contributed by atoms with Gasteiger partial charge in [-0.25, -0.2) is 9.59 Å². The Morgan fingerprint density at radius 1 is 0.830 bits per heavy atom. The number of ether oxygens (including phenoxy) is 2. The number of nitrogens with zero attached hydrogens (tertiary/aromatic N) is 1. The molecule has 10 heteroatoms. The van der Waals surface area contributed by atoms with E-state index in [1.807, 2.05) is 66.7 Å². The highest BCUT2D eigenvalue weighted by Crippen LogP contribution is 2.20. The maximum absolute atomic E-state index is 13.4. The second kappa shape index (κ2) is 20.0. The number of carbonyl (C=O) groups is 4. The van der Waals surface area contributed by atoms with Gasteiger partial charge in [-0.1, -0.05) is 103 Å². The summed E-state index contributed by atoms with van der Waals surface area (Å²) in [5.74, 6) is -2.17. The highest BCUT2D eigenvalue weighted by Gasteiger charge is 2.28. The summed E-state index contributed by atoms with van der Waals surface area (Å²) < 4.78 is 11.1. The van der Waals surface area contributed by atoms with Crippen molar-refractivity contribution in [3.05, 3.63) is 133 Å². The summed E-state index contributed by atoms with van der Waals surface area (Å²) >= 11 is 0. The van der Waals surface area contributed by atoms with Crippen molar-refractivity contribution < 1.29 is 33.8 Å². The average Bonchev–Trinajstić information content (AvgIpc) is 3.09. The van der Waals surface area contributed by atoms with Gasteiger partial charge in [0.05, 0.1) is 19.1 Å². The molecule has 248 valence electrons. The van der Waals surface area contributed by atoms with Crippen LogP contribution in [0.5, 0.6) is 0 Å². The zero-order chi connectivity index (χ0) is 33.9. The highest BCUT2D eigenvalue weighted by molar-refractivity contribution is 5.86. The van der Waals surface area contributed by atoms with E-state index in [1.54, 1.807) is 30.3 Å². The fraction of sp³-hybridized carbons (Fsp3) is 0.297. The predicted molar refractivity (Wildman–Crippen MR) is 179 cm³/mol. The molecule has 0 spiro atoms. The fourth-order valence-corrected chi connectivity index (χ4v) is 4.78. The third-order valence-electron chi connectivity index (χ3n) is 7.27. The molecule has 3 amide bonds. The summed E-state index contributed by atoms with van der Waals surface area (Å²) in [6.45, 7) is 7.58. The SMILES string of the molecule is C=CC[C@H](CC(=O)N(CCO)Cc1ccccc1)C(=O)NC[C@@H](OC(=O)[C@@H](CC=C)NC(=O)OCc1ccccc1)c1ccccc1. The van der Waals surface area contributed by atoms with Crippen molar-refractivity contribution in [3.63, 3.8) is 0 Å². The Kier molecular flexibility index (Phi) is 15.4. The van der Waals surface area contributed by atoms with Gasteiger partial charge < -0.3 is 30.1 Å². The molecule has 0 unspecified atom stereocenters. The standard InChI is InChI=1S/C37H43N3O7/c1-3-14-31(24-34(42)40(22-23-41)26-28-16-8-5-9-17-28)35(43)38-25-33(30-20-12-7-13-21-30)47-36(44)32(15-4-2)39-37(45)46-27-29-18-10-6-11-19-29/h3-13,16-21,31-33,41H,1-2,14-15,22-27H2,(H,38,43)(H,39,45)/t31-,32-,33-/m1/s1. The number of carbonyl (C=O) groups excluding carboxylic acids is 4. The Morgan fingerprint density at radius 3 is 2.02 bits per heavy atom. The minimum atomic E-state index is -1.08. The lowest BCUT2D eigenvalue weighted by molar-refractivity contribution is -0.152. The molecule has 0 fully saturated rings. The quantitative estimate of drug-likeness (QED) is 0.126. The molecule has 10 nitrogen and oxygen atoms in total. The number of esters is 1. The number of aliphatic hydroxyl groups is 1. The average molecular weight is 642 g/mol. The molecule has 0 aromatic heterocycles. The number of alkyl carbamates (subject to hydrolysis) is 1. The van der Waals surface area contributed by atoms with E-state index >= 15 is 0 Å². The normalized spacial score (nSPS) is 12.4. The summed E-state index contributed by atoms with van der Waals surface area (Å²) in [6, 6.07) is 26.3. The Hall–Kier alpha value is -5.22. The topological polar surface area (TPSA) is 134 Å². The first-order valence-electron chi connectivity index (χ1n) is 15.5. The van der Waals surface area contributed by atoms with Crippen molar-refractivity contribution >= 4 is 23.9 Å². The van der Waals surface area contributed by atoms with E-state index in [4.69, 9.17) is 9.47 Å². The molecule has 0 aliphatic rings. The summed E-state index contributed by atoms with van der Waals surface area (Å²) in [5, 5.41) is 14.9. The van der Waals surface area contributed by atoms with Gasteiger partial charge in [-0.15, -0.1) is 13.2 Å². The molecular formula is C37H43N3O7. The first kappa shape index (κ1) is 36.3. The molecular weight excluding hydrogens is 598 g/mol. The number of hydrogen-bond acceptors (Lipinski definition) is 7. The predicted octanol–water partition coefficient (Wildman–Crippen LogP) is 4.86. The summed E-state index contributed by atoms with van der Waals surface area (Å²) in [4.78, 5) is 54.0. The van der Waals surface area contributed by atoms with E-state index in [1.165, 1.54) is 11.0 Å². The van der Waals surface area contributed by atoms with Crippen LogP contribution in [-0.4, -0.2) is 59.6 Å². The molecule has 3 N–H and O–H groups in total. The van der Waals surface area contributed by atoms with Crippen molar-refractivity contribution in [2.75, 3.05) is 19.7 Å². The number of allylic oxidation sites excluding steroid dienone is 1. The van der Waals surface area contributed by atoms with Crippen LogP contribution in [-0.2, 0) is 37.0 Å². The van der Waals surface area contributed by atoms with Crippen molar-refractivity contribution in [2.24, 2.45) is 5.92 Å². The number of nitrogens with one attached hydrogen (secondary N) is 2. The highest BCUT2D eigenvalue weighted by atomic mass is 16.6. The lowest BCUT2D eigenvalue weighted by atomic mass is 9.98. The number of aliphatic hydroxyl groups excluding tert-OH is 1. The van der Waals surface area contributed by atoms with Crippen LogP contribution in [0.25, 0.3) is 0 Å². The van der Waals surface area contributed by atoms with Crippen molar-refractivity contribution in [1.82, 2.24) is 15.5 Å². The van der Waals surface area contributed by atoms with E-state index in [-0.39, 0.29) is 51.5 Å². The number of benzene rings is 3. The summed E-state index contributed by atoms with van der Waals surface area (Å²) in [6.07, 6.45) is 1.59. The third-order valence-corrected chi connectivity index (χ3v) is 7.27. The van der Waals surface area contributed by atoms with Gasteiger partial charge in [-0.05, 0) is 29.5 Å². The molecule has 0 radical (unpaired) electrons. The van der Waals surface area contributed by atoms with Crippen molar-refractivity contribution in [1.29, 1.82) is 0 Å². The van der Waals surface area contributed by atoms with Crippen LogP contribution < -0.4 is 10.6 Å². The van der Waals surface area contributed by atoms with E-state index < -0.39 is 36.0 Å². The van der Waals surface area contributed by atoms with Gasteiger partial charge in [0.2, 0.25) is 11.8 Å². The van der Waals surface area contributed by atoms with Crippen molar-refractivity contribution in [2.45, 2.75) is 44.6 Å². The van der Waals surface area contributed by atoms with Crippen LogP contribution in [0.3, 0.4) is 0 Å². The maximum atomic E-state index is 13.4. The smallest absolute Gasteiger partial charge is 0.408 e. The molecule has 0 heterocycles. The van der Waals surface area contributed by atoms with Gasteiger partial charge in [0.25, 0.3) is 0 Å². The monoisotopic (exact) mass is 641 g/mol. The van der Waals surface area contributed by atoms with Gasteiger partial charge in [0.15, 0.2) is 0 Å². The van der Waals surface area contributed by atoms with Crippen LogP contribution >= 0.6 is 0 Å². The van der Waals surface area contributed by atoms with E-state index in [0.29, 0.717) is 12.1 Å². The lowest BCUT2D eigenvalue weighted by Gasteiger charge is -2.25. The van der Waals surface area contributed by atoms with Crippen LogP contribution in [0.4, 0.5) is 4.79 Å². The van der Waals surface area contributed by atoms with Crippen LogP contribution in [0.1, 0.15) is 42.1 Å². The molecule has 0 aliphatic carbocycles. The maximum Gasteiger partial charge on any atom is 0.408 e. The summed E-state index contributed by atoms with van der Waals surface area (Å²) in [5.41, 5.74) is 2.32. The number of amides is 3. The second-order valence-corrected chi connectivity index (χ2v) is 10.8. The minimum absolute atomic E-state index is 0.0274. The minimum Gasteiger partial charge on any atom is -0.454 e. The Bertz CT molecular complexity index is 1430. The van der Waals surface area contributed by atoms with E-state index in [2.05, 4.69) is 23.8 Å². The first-order chi connectivity index (χ1) is 22.8. The molecule has 47 heavy (non-hydrogen) atoms. The largest absolute Gasteiger partial charge is 0.454 e. The Morgan fingerprint density at radius 2 is 1.43 bits per heavy atom. The van der Waals surface area contributed by atoms with E-state index in [0.717, 1.165) is 11.1 Å². The second-order valence-electron chi connectivity index (χ2n) is 10.8. The molecule has 3 aromatic rings. The first-order valence-corrected chi connectivity index (χ1v) is 15.5. The van der Waals surface area contributed by atoms with Crippen LogP contribution in [0.2, 0.25) is 0 Å². The lowest BCUT2D eigenvalue weighted by Crippen LogP contribution is -2.43. The van der Waals surface area contributed by atoms with Crippen LogP contribution in [0.15, 0.2) is 116 Å². The molecule has 3 aromatic carbocycles. The van der Waals surface area contributed by atoms with E-state index in [9.17, 15) is 24.3 Å². The van der Waals surface area contributed by atoms with Gasteiger partial charge in [-0.2, -0.15) is 0 Å². The number of hydrogen-bond donors (Lipinski definition) is 3. The summed E-state index contributed by atoms with van der Waals surface area (Å²) in [7, 11) is 0. The Labute approximate surface area is 276 Å². The molecule has 0 bridgehead atoms. The zero-order valence-corrected chi connectivity index (χ0v) is 26.5. The molecule has 0 saturated heterocycles. The molecule has 0 aliphatic heterocycles. The molecule has 3 atom stereocenters. The van der Waals surface area contributed by atoms with Gasteiger partial charge in [0, 0.05) is 19.5 Å². The van der Waals surface area contributed by atoms with Gasteiger partial charge >= 0.3 is 12.1 Å². The van der Waals surface area contributed by atoms with Crippen molar-refractivity contribution in [3.8, 4) is 0 Å². The Balaban J connectivity index is 1.66. The van der Waals surface area contributed by atoms with Crippen LogP contribution in [0, 0.1) is 5.92 Å². The molecule has 0 saturated carbocycles.